The van der Waals surface area contributed by atoms with Crippen molar-refractivity contribution in [2.75, 3.05) is 16.1 Å². The highest BCUT2D eigenvalue weighted by Gasteiger charge is 2.27. The van der Waals surface area contributed by atoms with Crippen molar-refractivity contribution in [2.45, 2.75) is 57.3 Å². The summed E-state index contributed by atoms with van der Waals surface area (Å²) in [5, 5.41) is 14.6. The third-order valence-electron chi connectivity index (χ3n) is 6.37. The van der Waals surface area contributed by atoms with Crippen molar-refractivity contribution in [2.24, 2.45) is 0 Å². The quantitative estimate of drug-likeness (QED) is 0.192. The zero-order valence-corrected chi connectivity index (χ0v) is 23.6. The lowest BCUT2D eigenvalue weighted by Crippen LogP contribution is -2.18. The first kappa shape index (κ1) is 26.7. The van der Waals surface area contributed by atoms with Crippen molar-refractivity contribution in [3.63, 3.8) is 0 Å². The molecular formula is C33H38N2OS. The summed E-state index contributed by atoms with van der Waals surface area (Å²) in [6, 6.07) is 33.6. The van der Waals surface area contributed by atoms with E-state index >= 15 is 0 Å². The fourth-order valence-electron chi connectivity index (χ4n) is 4.29. The van der Waals surface area contributed by atoms with E-state index in [1.807, 2.05) is 24.3 Å². The molecule has 0 fully saturated rings. The van der Waals surface area contributed by atoms with Crippen molar-refractivity contribution in [3.05, 3.63) is 108 Å². The minimum Gasteiger partial charge on any atom is -0.507 e. The molecule has 0 amide bonds. The normalized spacial score (nSPS) is 11.8. The summed E-state index contributed by atoms with van der Waals surface area (Å²) < 4.78 is 0. The van der Waals surface area contributed by atoms with Gasteiger partial charge in [0.15, 0.2) is 0 Å². The van der Waals surface area contributed by atoms with Gasteiger partial charge in [0.25, 0.3) is 0 Å². The smallest absolute Gasteiger partial charge is 0.123 e. The van der Waals surface area contributed by atoms with Crippen LogP contribution < -0.4 is 10.2 Å². The molecular weight excluding hydrogens is 472 g/mol. The van der Waals surface area contributed by atoms with Crippen LogP contribution in [0.25, 0.3) is 0 Å². The molecule has 0 aliphatic carbocycles. The Hall–Kier alpha value is -3.37. The van der Waals surface area contributed by atoms with Gasteiger partial charge in [-0.05, 0) is 71.5 Å². The van der Waals surface area contributed by atoms with Crippen molar-refractivity contribution >= 4 is 34.5 Å². The molecule has 0 aliphatic heterocycles. The monoisotopic (exact) mass is 510 g/mol. The second-order valence-corrected chi connectivity index (χ2v) is 12.5. The van der Waals surface area contributed by atoms with E-state index in [-0.39, 0.29) is 10.8 Å². The van der Waals surface area contributed by atoms with Crippen LogP contribution in [0.4, 0.5) is 22.7 Å². The van der Waals surface area contributed by atoms with Crippen LogP contribution in [-0.2, 0) is 10.8 Å². The van der Waals surface area contributed by atoms with Crippen LogP contribution in [0.5, 0.6) is 5.75 Å². The van der Waals surface area contributed by atoms with E-state index in [2.05, 4.69) is 125 Å². The predicted molar refractivity (Wildman–Crippen MR) is 161 cm³/mol. The lowest BCUT2D eigenvalue weighted by molar-refractivity contribution is 0.422. The summed E-state index contributed by atoms with van der Waals surface area (Å²) in [4.78, 5) is 3.49. The molecule has 4 rings (SSSR count). The van der Waals surface area contributed by atoms with Crippen LogP contribution in [0, 0.1) is 0 Å². The first-order valence-electron chi connectivity index (χ1n) is 12.8. The molecule has 0 aliphatic rings. The molecule has 4 aromatic carbocycles. The van der Waals surface area contributed by atoms with Gasteiger partial charge in [-0.15, -0.1) is 11.8 Å². The highest BCUT2D eigenvalue weighted by atomic mass is 32.2. The summed E-state index contributed by atoms with van der Waals surface area (Å²) >= 11 is 1.79. The number of nitrogens with one attached hydrogen (secondary N) is 1. The standard InChI is InChI=1S/C33H38N2OS/c1-32(2,3)29-21-28(22-30(31(29)36)33(4,5)6)37-23-35(26-15-11-8-12-16-26)27-19-17-25(18-20-27)34-24-13-9-7-10-14-24/h7-22,34,36H,23H2,1-6H3. The lowest BCUT2D eigenvalue weighted by atomic mass is 9.79. The molecule has 0 bridgehead atoms. The van der Waals surface area contributed by atoms with E-state index in [4.69, 9.17) is 0 Å². The molecule has 0 saturated heterocycles. The summed E-state index contributed by atoms with van der Waals surface area (Å²) in [5.74, 6) is 1.17. The molecule has 192 valence electrons. The number of phenols is 1. The molecule has 4 heteroatoms. The number of benzene rings is 4. The van der Waals surface area contributed by atoms with E-state index in [1.165, 1.54) is 0 Å². The maximum absolute atomic E-state index is 11.1. The van der Waals surface area contributed by atoms with Gasteiger partial charge in [-0.2, -0.15) is 0 Å². The molecule has 0 unspecified atom stereocenters. The van der Waals surface area contributed by atoms with Crippen molar-refractivity contribution in [1.29, 1.82) is 0 Å². The first-order chi connectivity index (χ1) is 17.5. The molecule has 0 radical (unpaired) electrons. The van der Waals surface area contributed by atoms with Crippen molar-refractivity contribution in [1.82, 2.24) is 0 Å². The van der Waals surface area contributed by atoms with Crippen LogP contribution in [0.2, 0.25) is 0 Å². The largest absolute Gasteiger partial charge is 0.507 e. The molecule has 0 spiro atoms. The van der Waals surface area contributed by atoms with Crippen LogP contribution >= 0.6 is 11.8 Å². The van der Waals surface area contributed by atoms with Crippen LogP contribution in [0.15, 0.2) is 102 Å². The van der Waals surface area contributed by atoms with Crippen molar-refractivity contribution < 1.29 is 5.11 Å². The van der Waals surface area contributed by atoms with Gasteiger partial charge in [0.05, 0.1) is 5.88 Å². The number of para-hydroxylation sites is 2. The Labute approximate surface area is 226 Å². The SMILES string of the molecule is CC(C)(C)c1cc(SCN(c2ccccc2)c2ccc(Nc3ccccc3)cc2)cc(C(C)(C)C)c1O. The summed E-state index contributed by atoms with van der Waals surface area (Å²) in [5.41, 5.74) is 6.08. The van der Waals surface area contributed by atoms with Crippen LogP contribution in [-0.4, -0.2) is 11.0 Å². The predicted octanol–water partition coefficient (Wildman–Crippen LogP) is 9.62. The zero-order chi connectivity index (χ0) is 26.6. The fraction of sp³-hybridized carbons (Fsp3) is 0.273. The summed E-state index contributed by atoms with van der Waals surface area (Å²) in [6.45, 7) is 12.9. The van der Waals surface area contributed by atoms with Gasteiger partial charge in [-0.25, -0.2) is 0 Å². The average molecular weight is 511 g/mol. The minimum atomic E-state index is -0.151. The first-order valence-corrected chi connectivity index (χ1v) is 13.8. The molecule has 0 atom stereocenters. The molecule has 4 aromatic rings. The molecule has 0 saturated carbocycles. The Balaban J connectivity index is 1.63. The van der Waals surface area contributed by atoms with E-state index in [1.54, 1.807) is 11.8 Å². The van der Waals surface area contributed by atoms with Gasteiger partial charge in [-0.1, -0.05) is 77.9 Å². The number of hydrogen-bond donors (Lipinski definition) is 2. The third kappa shape index (κ3) is 6.69. The highest BCUT2D eigenvalue weighted by molar-refractivity contribution is 7.99. The van der Waals surface area contributed by atoms with Gasteiger partial charge >= 0.3 is 0 Å². The Morgan fingerprint density at radius 2 is 1.11 bits per heavy atom. The second-order valence-electron chi connectivity index (χ2n) is 11.4. The molecule has 0 heterocycles. The maximum atomic E-state index is 11.1. The van der Waals surface area contributed by atoms with Gasteiger partial charge in [0.2, 0.25) is 0 Å². The zero-order valence-electron chi connectivity index (χ0n) is 22.7. The highest BCUT2D eigenvalue weighted by Crippen LogP contribution is 2.42. The number of anilines is 4. The number of thioether (sulfide) groups is 1. The average Bonchev–Trinajstić information content (AvgIpc) is 2.86. The van der Waals surface area contributed by atoms with E-state index in [0.29, 0.717) is 5.75 Å². The van der Waals surface area contributed by atoms with Crippen molar-refractivity contribution in [3.8, 4) is 5.75 Å². The topological polar surface area (TPSA) is 35.5 Å². The van der Waals surface area contributed by atoms with E-state index < -0.39 is 0 Å². The van der Waals surface area contributed by atoms with E-state index in [9.17, 15) is 5.11 Å². The summed E-state index contributed by atoms with van der Waals surface area (Å²) in [7, 11) is 0. The number of nitrogens with zero attached hydrogens (tertiary/aromatic N) is 1. The lowest BCUT2D eigenvalue weighted by Gasteiger charge is -2.29. The Morgan fingerprint density at radius 3 is 1.62 bits per heavy atom. The van der Waals surface area contributed by atoms with Gasteiger partial charge in [0, 0.05) is 38.8 Å². The van der Waals surface area contributed by atoms with Crippen LogP contribution in [0.1, 0.15) is 52.7 Å². The minimum absolute atomic E-state index is 0.151. The molecule has 2 N–H and O–H groups in total. The maximum Gasteiger partial charge on any atom is 0.123 e. The van der Waals surface area contributed by atoms with Gasteiger partial charge < -0.3 is 15.3 Å². The Morgan fingerprint density at radius 1 is 0.649 bits per heavy atom. The van der Waals surface area contributed by atoms with E-state index in [0.717, 1.165) is 44.6 Å². The number of rotatable bonds is 7. The fourth-order valence-corrected chi connectivity index (χ4v) is 5.27. The Bertz CT molecular complexity index is 1270. The molecule has 37 heavy (non-hydrogen) atoms. The molecule has 3 nitrogen and oxygen atoms in total. The number of hydrogen-bond acceptors (Lipinski definition) is 4. The van der Waals surface area contributed by atoms with Gasteiger partial charge in [-0.3, -0.25) is 0 Å². The third-order valence-corrected chi connectivity index (χ3v) is 7.33. The second kappa shape index (κ2) is 10.9. The number of aromatic hydroxyl groups is 1. The molecule has 0 aromatic heterocycles. The van der Waals surface area contributed by atoms with Gasteiger partial charge in [0.1, 0.15) is 5.75 Å². The Kier molecular flexibility index (Phi) is 7.89. The summed E-state index contributed by atoms with van der Waals surface area (Å²) in [6.07, 6.45) is 0. The van der Waals surface area contributed by atoms with Crippen LogP contribution in [0.3, 0.4) is 0 Å². The number of phenolic OH excluding ortho intramolecular Hbond substituents is 1.